The van der Waals surface area contributed by atoms with Crippen LogP contribution in [0.3, 0.4) is 0 Å². The Hall–Kier alpha value is -2.36. The monoisotopic (exact) mass is 224 g/mol. The number of aromatic nitrogens is 3. The summed E-state index contributed by atoms with van der Waals surface area (Å²) in [5.74, 6) is 0.624. The van der Waals surface area contributed by atoms with Crippen molar-refractivity contribution in [3.63, 3.8) is 0 Å². The molecular weight excluding hydrogens is 212 g/mol. The summed E-state index contributed by atoms with van der Waals surface area (Å²) in [6.45, 7) is 2.03. The summed E-state index contributed by atoms with van der Waals surface area (Å²) < 4.78 is 1.87. The molecule has 0 atom stereocenters. The number of fused-ring (bicyclic) bond motifs is 1. The molecule has 84 valence electrons. The second-order valence-electron chi connectivity index (χ2n) is 3.99. The van der Waals surface area contributed by atoms with E-state index in [1.807, 2.05) is 47.9 Å². The van der Waals surface area contributed by atoms with Crippen LogP contribution in [0.25, 0.3) is 17.0 Å². The van der Waals surface area contributed by atoms with Crippen molar-refractivity contribution in [3.05, 3.63) is 48.3 Å². The first kappa shape index (κ1) is 9.84. The molecule has 3 rings (SSSR count). The van der Waals surface area contributed by atoms with Crippen LogP contribution in [-0.2, 0) is 0 Å². The van der Waals surface area contributed by atoms with E-state index in [0.29, 0.717) is 5.82 Å². The molecule has 3 aromatic rings. The van der Waals surface area contributed by atoms with E-state index in [4.69, 9.17) is 5.73 Å². The Morgan fingerprint density at radius 2 is 2.12 bits per heavy atom. The number of nitrogens with zero attached hydrogens (tertiary/aromatic N) is 3. The Morgan fingerprint density at radius 3 is 2.88 bits per heavy atom. The maximum Gasteiger partial charge on any atom is 0.139 e. The summed E-state index contributed by atoms with van der Waals surface area (Å²) in [7, 11) is 0. The van der Waals surface area contributed by atoms with Gasteiger partial charge in [-0.25, -0.2) is 4.98 Å². The predicted molar refractivity (Wildman–Crippen MR) is 67.6 cm³/mol. The summed E-state index contributed by atoms with van der Waals surface area (Å²) in [5, 5.41) is 0. The molecule has 2 N–H and O–H groups in total. The molecule has 0 amide bonds. The van der Waals surface area contributed by atoms with Crippen LogP contribution >= 0.6 is 0 Å². The van der Waals surface area contributed by atoms with Gasteiger partial charge in [0, 0.05) is 12.4 Å². The van der Waals surface area contributed by atoms with Crippen LogP contribution in [0.1, 0.15) is 5.56 Å². The third kappa shape index (κ3) is 1.54. The van der Waals surface area contributed by atoms with Gasteiger partial charge >= 0.3 is 0 Å². The average molecular weight is 224 g/mol. The molecule has 0 aliphatic rings. The minimum absolute atomic E-state index is 0.624. The van der Waals surface area contributed by atoms with Gasteiger partial charge in [0.05, 0.1) is 5.69 Å². The number of nitrogen functional groups attached to an aromatic ring is 1. The molecule has 0 aliphatic carbocycles. The van der Waals surface area contributed by atoms with E-state index >= 15 is 0 Å². The van der Waals surface area contributed by atoms with Crippen LogP contribution in [0, 0.1) is 6.92 Å². The van der Waals surface area contributed by atoms with E-state index in [1.54, 1.807) is 6.20 Å². The zero-order valence-corrected chi connectivity index (χ0v) is 9.46. The molecule has 0 aliphatic heterocycles. The molecule has 0 saturated carbocycles. The van der Waals surface area contributed by atoms with Crippen molar-refractivity contribution >= 4 is 11.5 Å². The summed E-state index contributed by atoms with van der Waals surface area (Å²) in [6.07, 6.45) is 3.67. The summed E-state index contributed by atoms with van der Waals surface area (Å²) >= 11 is 0. The number of pyridine rings is 2. The molecular formula is C13H12N4. The van der Waals surface area contributed by atoms with Crippen LogP contribution < -0.4 is 5.73 Å². The van der Waals surface area contributed by atoms with Crippen LogP contribution in [-0.4, -0.2) is 14.4 Å². The molecule has 0 spiro atoms. The molecule has 0 saturated heterocycles. The largest absolute Gasteiger partial charge is 0.383 e. The zero-order chi connectivity index (χ0) is 11.8. The highest BCUT2D eigenvalue weighted by atomic mass is 15.1. The van der Waals surface area contributed by atoms with Gasteiger partial charge < -0.3 is 5.73 Å². The van der Waals surface area contributed by atoms with Crippen LogP contribution in [0.4, 0.5) is 5.82 Å². The Bertz CT molecular complexity index is 670. The highest BCUT2D eigenvalue weighted by molar-refractivity contribution is 5.72. The lowest BCUT2D eigenvalue weighted by Gasteiger charge is -1.98. The summed E-state index contributed by atoms with van der Waals surface area (Å²) in [6, 6.07) is 9.72. The average Bonchev–Trinajstić information content (AvgIpc) is 2.67. The standard InChI is InChI=1S/C13H12N4/c1-9-5-7-17-11(8-9)16-12(13(17)14)10-4-2-3-6-15-10/h2-8H,14H2,1H3. The molecule has 0 fully saturated rings. The molecule has 4 heteroatoms. The topological polar surface area (TPSA) is 56.2 Å². The molecule has 4 nitrogen and oxygen atoms in total. The minimum atomic E-state index is 0.624. The maximum absolute atomic E-state index is 6.08. The van der Waals surface area contributed by atoms with Gasteiger partial charge in [0.2, 0.25) is 0 Å². The third-order valence-electron chi connectivity index (χ3n) is 2.73. The van der Waals surface area contributed by atoms with Gasteiger partial charge in [0.1, 0.15) is 17.2 Å². The third-order valence-corrected chi connectivity index (χ3v) is 2.73. The summed E-state index contributed by atoms with van der Waals surface area (Å²) in [5.41, 5.74) is 9.62. The first-order valence-electron chi connectivity index (χ1n) is 5.41. The van der Waals surface area contributed by atoms with Crippen molar-refractivity contribution in [1.82, 2.24) is 14.4 Å². The van der Waals surface area contributed by atoms with Crippen LogP contribution in [0.2, 0.25) is 0 Å². The Balaban J connectivity index is 2.28. The number of aryl methyl sites for hydroxylation is 1. The Morgan fingerprint density at radius 1 is 1.24 bits per heavy atom. The van der Waals surface area contributed by atoms with Gasteiger partial charge in [-0.15, -0.1) is 0 Å². The van der Waals surface area contributed by atoms with Gasteiger partial charge in [0.15, 0.2) is 0 Å². The SMILES string of the molecule is Cc1ccn2c(N)c(-c3ccccn3)nc2c1. The number of nitrogens with two attached hydrogens (primary N) is 1. The fourth-order valence-corrected chi connectivity index (χ4v) is 1.86. The first-order chi connectivity index (χ1) is 8.25. The second-order valence-corrected chi connectivity index (χ2v) is 3.99. The molecule has 3 heterocycles. The van der Waals surface area contributed by atoms with Crippen molar-refractivity contribution in [2.45, 2.75) is 6.92 Å². The number of imidazole rings is 1. The molecule has 0 unspecified atom stereocenters. The van der Waals surface area contributed by atoms with Gasteiger partial charge in [-0.3, -0.25) is 9.38 Å². The van der Waals surface area contributed by atoms with Crippen molar-refractivity contribution in [2.24, 2.45) is 0 Å². The highest BCUT2D eigenvalue weighted by Gasteiger charge is 2.11. The highest BCUT2D eigenvalue weighted by Crippen LogP contribution is 2.24. The number of hydrogen-bond acceptors (Lipinski definition) is 3. The molecule has 0 bridgehead atoms. The van der Waals surface area contributed by atoms with Crippen LogP contribution in [0.15, 0.2) is 42.7 Å². The predicted octanol–water partition coefficient (Wildman–Crippen LogP) is 2.29. The van der Waals surface area contributed by atoms with Crippen molar-refractivity contribution < 1.29 is 0 Å². The van der Waals surface area contributed by atoms with Gasteiger partial charge in [-0.05, 0) is 36.8 Å². The van der Waals surface area contributed by atoms with Gasteiger partial charge in [-0.2, -0.15) is 0 Å². The van der Waals surface area contributed by atoms with Crippen molar-refractivity contribution in [2.75, 3.05) is 5.73 Å². The van der Waals surface area contributed by atoms with E-state index in [2.05, 4.69) is 9.97 Å². The maximum atomic E-state index is 6.08. The normalized spacial score (nSPS) is 10.9. The number of hydrogen-bond donors (Lipinski definition) is 1. The minimum Gasteiger partial charge on any atom is -0.383 e. The summed E-state index contributed by atoms with van der Waals surface area (Å²) in [4.78, 5) is 8.79. The van der Waals surface area contributed by atoms with Crippen molar-refractivity contribution in [3.8, 4) is 11.4 Å². The van der Waals surface area contributed by atoms with Gasteiger partial charge in [0.25, 0.3) is 0 Å². The number of anilines is 1. The quantitative estimate of drug-likeness (QED) is 0.690. The lowest BCUT2D eigenvalue weighted by atomic mass is 10.3. The molecule has 17 heavy (non-hydrogen) atoms. The van der Waals surface area contributed by atoms with Crippen LogP contribution in [0.5, 0.6) is 0 Å². The van der Waals surface area contributed by atoms with Crippen molar-refractivity contribution in [1.29, 1.82) is 0 Å². The van der Waals surface area contributed by atoms with E-state index in [1.165, 1.54) is 0 Å². The molecule has 3 aromatic heterocycles. The second kappa shape index (κ2) is 3.59. The smallest absolute Gasteiger partial charge is 0.139 e. The lowest BCUT2D eigenvalue weighted by Crippen LogP contribution is -1.94. The zero-order valence-electron chi connectivity index (χ0n) is 9.46. The van der Waals surface area contributed by atoms with E-state index < -0.39 is 0 Å². The van der Waals surface area contributed by atoms with E-state index in [-0.39, 0.29) is 0 Å². The lowest BCUT2D eigenvalue weighted by molar-refractivity contribution is 1.18. The fraction of sp³-hybridized carbons (Fsp3) is 0.0769. The fourth-order valence-electron chi connectivity index (χ4n) is 1.86. The Kier molecular flexibility index (Phi) is 2.08. The molecule has 0 radical (unpaired) electrons. The number of rotatable bonds is 1. The van der Waals surface area contributed by atoms with E-state index in [9.17, 15) is 0 Å². The van der Waals surface area contributed by atoms with E-state index in [0.717, 1.165) is 22.6 Å². The first-order valence-corrected chi connectivity index (χ1v) is 5.41. The molecule has 0 aromatic carbocycles. The van der Waals surface area contributed by atoms with Gasteiger partial charge in [-0.1, -0.05) is 6.07 Å². The Labute approximate surface area is 98.8 Å².